The van der Waals surface area contributed by atoms with Crippen LogP contribution in [0.25, 0.3) is 11.1 Å². The van der Waals surface area contributed by atoms with Crippen molar-refractivity contribution in [3.63, 3.8) is 0 Å². The van der Waals surface area contributed by atoms with Crippen LogP contribution in [-0.4, -0.2) is 0 Å². The Morgan fingerprint density at radius 1 is 0.500 bits per heavy atom. The predicted octanol–water partition coefficient (Wildman–Crippen LogP) is 6.53. The Morgan fingerprint density at radius 2 is 1.00 bits per heavy atom. The molecule has 120 valence electrons. The molecule has 4 rings (SSSR count). The van der Waals surface area contributed by atoms with E-state index in [2.05, 4.69) is 72.8 Å². The normalized spacial score (nSPS) is 14.5. The molecule has 0 N–H and O–H groups in total. The Balaban J connectivity index is 1.75. The van der Waals surface area contributed by atoms with Crippen LogP contribution in [0.1, 0.15) is 22.3 Å². The molecule has 1 aliphatic heterocycles. The van der Waals surface area contributed by atoms with E-state index in [1.807, 2.05) is 23.5 Å². The number of rotatable bonds is 0. The lowest BCUT2D eigenvalue weighted by Crippen LogP contribution is -1.92. The van der Waals surface area contributed by atoms with Crippen molar-refractivity contribution in [3.05, 3.63) is 95.1 Å². The van der Waals surface area contributed by atoms with E-state index in [1.165, 1.54) is 33.4 Å². The topological polar surface area (TPSA) is 0 Å². The SMILES string of the molecule is c1cc2cc(c1)CSCc1ccccc1-c1ccccc1CSC2. The molecule has 0 saturated carbocycles. The Bertz CT molecular complexity index is 772. The van der Waals surface area contributed by atoms with Gasteiger partial charge in [0.25, 0.3) is 0 Å². The summed E-state index contributed by atoms with van der Waals surface area (Å²) >= 11 is 4.01. The Hall–Kier alpha value is -1.64. The third-order valence-electron chi connectivity index (χ3n) is 4.37. The van der Waals surface area contributed by atoms with Crippen molar-refractivity contribution < 1.29 is 0 Å². The molecule has 24 heavy (non-hydrogen) atoms. The van der Waals surface area contributed by atoms with Gasteiger partial charge in [-0.3, -0.25) is 0 Å². The van der Waals surface area contributed by atoms with E-state index in [0.717, 1.165) is 23.0 Å². The molecule has 2 heteroatoms. The molecule has 3 aromatic rings. The fourth-order valence-corrected chi connectivity index (χ4v) is 5.16. The van der Waals surface area contributed by atoms with Gasteiger partial charge >= 0.3 is 0 Å². The van der Waals surface area contributed by atoms with Crippen LogP contribution in [0.15, 0.2) is 72.8 Å². The molecule has 0 fully saturated rings. The zero-order valence-corrected chi connectivity index (χ0v) is 15.2. The fourth-order valence-electron chi connectivity index (χ4n) is 3.18. The summed E-state index contributed by atoms with van der Waals surface area (Å²) in [6, 6.07) is 26.8. The van der Waals surface area contributed by atoms with Crippen LogP contribution >= 0.6 is 23.5 Å². The second-order valence-corrected chi connectivity index (χ2v) is 8.09. The van der Waals surface area contributed by atoms with Gasteiger partial charge in [-0.05, 0) is 33.4 Å². The minimum Gasteiger partial charge on any atom is -0.152 e. The van der Waals surface area contributed by atoms with Gasteiger partial charge in [0.2, 0.25) is 0 Å². The number of fused-ring (bicyclic) bond motifs is 5. The minimum absolute atomic E-state index is 1.06. The van der Waals surface area contributed by atoms with Crippen LogP contribution < -0.4 is 0 Å². The average molecular weight is 349 g/mol. The molecule has 0 saturated heterocycles. The fraction of sp³-hybridized carbons (Fsp3) is 0.182. The van der Waals surface area contributed by atoms with Crippen LogP contribution in [0.2, 0.25) is 0 Å². The molecule has 0 amide bonds. The van der Waals surface area contributed by atoms with E-state index in [0.29, 0.717) is 0 Å². The van der Waals surface area contributed by atoms with Gasteiger partial charge in [0.05, 0.1) is 0 Å². The molecule has 3 aromatic carbocycles. The lowest BCUT2D eigenvalue weighted by atomic mass is 9.97. The molecule has 1 aliphatic rings. The first-order chi connectivity index (χ1) is 11.9. The predicted molar refractivity (Wildman–Crippen MR) is 108 cm³/mol. The molecule has 0 radical (unpaired) electrons. The summed E-state index contributed by atoms with van der Waals surface area (Å²) in [6.07, 6.45) is 0. The summed E-state index contributed by atoms with van der Waals surface area (Å²) in [5.41, 5.74) is 8.55. The van der Waals surface area contributed by atoms with E-state index in [4.69, 9.17) is 0 Å². The van der Waals surface area contributed by atoms with Crippen LogP contribution in [-0.2, 0) is 23.0 Å². The van der Waals surface area contributed by atoms with Gasteiger partial charge in [0.15, 0.2) is 0 Å². The maximum absolute atomic E-state index is 2.37. The lowest BCUT2D eigenvalue weighted by molar-refractivity contribution is 1.32. The van der Waals surface area contributed by atoms with Crippen molar-refractivity contribution in [3.8, 4) is 11.1 Å². The number of hydrogen-bond acceptors (Lipinski definition) is 2. The van der Waals surface area contributed by atoms with Crippen molar-refractivity contribution in [2.45, 2.75) is 23.0 Å². The first-order valence-corrected chi connectivity index (χ1v) is 10.6. The molecular formula is C22H20S2. The smallest absolute Gasteiger partial charge is 0.0194 e. The number of thioether (sulfide) groups is 2. The minimum atomic E-state index is 1.06. The average Bonchev–Trinajstić information content (AvgIpc) is 2.63. The molecule has 0 atom stereocenters. The zero-order valence-electron chi connectivity index (χ0n) is 13.6. The highest BCUT2D eigenvalue weighted by Crippen LogP contribution is 2.33. The molecule has 2 bridgehead atoms. The molecular weight excluding hydrogens is 328 g/mol. The highest BCUT2D eigenvalue weighted by molar-refractivity contribution is 7.98. The molecule has 0 aliphatic carbocycles. The van der Waals surface area contributed by atoms with Crippen molar-refractivity contribution in [1.29, 1.82) is 0 Å². The molecule has 0 nitrogen and oxygen atoms in total. The van der Waals surface area contributed by atoms with Crippen molar-refractivity contribution in [2.24, 2.45) is 0 Å². The van der Waals surface area contributed by atoms with Crippen LogP contribution in [0.5, 0.6) is 0 Å². The van der Waals surface area contributed by atoms with Gasteiger partial charge in [-0.15, -0.1) is 0 Å². The number of hydrogen-bond donors (Lipinski definition) is 0. The summed E-state index contributed by atoms with van der Waals surface area (Å²) in [4.78, 5) is 0. The summed E-state index contributed by atoms with van der Waals surface area (Å²) < 4.78 is 0. The third kappa shape index (κ3) is 3.55. The third-order valence-corrected chi connectivity index (χ3v) is 6.47. The maximum atomic E-state index is 2.37. The van der Waals surface area contributed by atoms with Gasteiger partial charge in [-0.25, -0.2) is 0 Å². The quantitative estimate of drug-likeness (QED) is 0.453. The maximum Gasteiger partial charge on any atom is 0.0194 e. The Kier molecular flexibility index (Phi) is 4.96. The van der Waals surface area contributed by atoms with Gasteiger partial charge in [0.1, 0.15) is 0 Å². The van der Waals surface area contributed by atoms with E-state index in [1.54, 1.807) is 0 Å². The molecule has 0 spiro atoms. The van der Waals surface area contributed by atoms with Crippen LogP contribution in [0, 0.1) is 0 Å². The molecule has 1 heterocycles. The van der Waals surface area contributed by atoms with Crippen molar-refractivity contribution in [1.82, 2.24) is 0 Å². The Labute approximate surface area is 152 Å². The van der Waals surface area contributed by atoms with Crippen molar-refractivity contribution in [2.75, 3.05) is 0 Å². The first-order valence-electron chi connectivity index (χ1n) is 8.29. The van der Waals surface area contributed by atoms with Crippen LogP contribution in [0.4, 0.5) is 0 Å². The summed E-state index contributed by atoms with van der Waals surface area (Å²) in [5, 5.41) is 0. The monoisotopic (exact) mass is 348 g/mol. The van der Waals surface area contributed by atoms with Crippen molar-refractivity contribution >= 4 is 23.5 Å². The van der Waals surface area contributed by atoms with E-state index in [9.17, 15) is 0 Å². The lowest BCUT2D eigenvalue weighted by Gasteiger charge is -2.13. The van der Waals surface area contributed by atoms with Gasteiger partial charge in [-0.2, -0.15) is 23.5 Å². The van der Waals surface area contributed by atoms with E-state index < -0.39 is 0 Å². The largest absolute Gasteiger partial charge is 0.152 e. The highest BCUT2D eigenvalue weighted by Gasteiger charge is 2.10. The first kappa shape index (κ1) is 15.9. The second-order valence-electron chi connectivity index (χ2n) is 6.12. The zero-order chi connectivity index (χ0) is 16.2. The summed E-state index contributed by atoms with van der Waals surface area (Å²) in [5.74, 6) is 4.27. The Morgan fingerprint density at radius 3 is 1.54 bits per heavy atom. The number of benzene rings is 3. The van der Waals surface area contributed by atoms with Crippen LogP contribution in [0.3, 0.4) is 0 Å². The highest BCUT2D eigenvalue weighted by atomic mass is 32.2. The molecule has 0 unspecified atom stereocenters. The van der Waals surface area contributed by atoms with Gasteiger partial charge in [-0.1, -0.05) is 72.8 Å². The van der Waals surface area contributed by atoms with Gasteiger partial charge < -0.3 is 0 Å². The second kappa shape index (κ2) is 7.50. The van der Waals surface area contributed by atoms with E-state index in [-0.39, 0.29) is 0 Å². The standard InChI is InChI=1S/C22H20S2/c1-3-10-21-19(8-1)15-23-13-17-6-5-7-18(12-17)14-24-16-20-9-2-4-11-22(20)21/h1-12H,13-16H2. The summed E-state index contributed by atoms with van der Waals surface area (Å²) in [6.45, 7) is 0. The molecule has 0 aromatic heterocycles. The van der Waals surface area contributed by atoms with E-state index >= 15 is 0 Å². The summed E-state index contributed by atoms with van der Waals surface area (Å²) in [7, 11) is 0. The van der Waals surface area contributed by atoms with Gasteiger partial charge in [0, 0.05) is 23.0 Å².